The third-order valence-electron chi connectivity index (χ3n) is 3.78. The van der Waals surface area contributed by atoms with Crippen LogP contribution in [0.5, 0.6) is 11.5 Å². The molecule has 3 aromatic carbocycles. The Morgan fingerprint density at radius 2 is 1.64 bits per heavy atom. The first kappa shape index (κ1) is 16.6. The summed E-state index contributed by atoms with van der Waals surface area (Å²) in [6.07, 6.45) is 1.76. The van der Waals surface area contributed by atoms with Gasteiger partial charge in [0.2, 0.25) is 0 Å². The molecule has 3 aromatic rings. The first-order valence-corrected chi connectivity index (χ1v) is 8.04. The van der Waals surface area contributed by atoms with E-state index in [1.807, 2.05) is 53.5 Å². The largest absolute Gasteiger partial charge is 0.504 e. The monoisotopic (exact) mass is 332 g/mol. The summed E-state index contributed by atoms with van der Waals surface area (Å²) in [6.45, 7) is 0.663. The van der Waals surface area contributed by atoms with Gasteiger partial charge < -0.3 is 9.84 Å². The first-order chi connectivity index (χ1) is 12.3. The molecule has 0 saturated heterocycles. The average Bonchev–Trinajstić information content (AvgIpc) is 2.67. The van der Waals surface area contributed by atoms with E-state index in [1.165, 1.54) is 12.7 Å². The van der Waals surface area contributed by atoms with Crippen LogP contribution in [0.1, 0.15) is 11.1 Å². The molecule has 0 atom stereocenters. The quantitative estimate of drug-likeness (QED) is 0.536. The molecule has 0 aromatic heterocycles. The normalized spacial score (nSPS) is 10.8. The van der Waals surface area contributed by atoms with E-state index in [-0.39, 0.29) is 5.75 Å². The molecule has 0 spiro atoms. The van der Waals surface area contributed by atoms with Gasteiger partial charge in [0, 0.05) is 0 Å². The molecule has 0 unspecified atom stereocenters. The van der Waals surface area contributed by atoms with Gasteiger partial charge in [0.25, 0.3) is 0 Å². The molecule has 4 heteroatoms. The van der Waals surface area contributed by atoms with Gasteiger partial charge in [0.1, 0.15) is 0 Å². The van der Waals surface area contributed by atoms with Crippen LogP contribution in [0.3, 0.4) is 0 Å². The second-order valence-electron chi connectivity index (χ2n) is 5.55. The van der Waals surface area contributed by atoms with Gasteiger partial charge in [-0.2, -0.15) is 5.10 Å². The number of anilines is 1. The van der Waals surface area contributed by atoms with Crippen molar-refractivity contribution in [3.63, 3.8) is 0 Å². The molecular weight excluding hydrogens is 312 g/mol. The Balaban J connectivity index is 1.87. The number of hydrogen-bond donors (Lipinski definition) is 1. The molecule has 3 rings (SSSR count). The molecule has 0 amide bonds. The van der Waals surface area contributed by atoms with E-state index in [1.54, 1.807) is 24.4 Å². The van der Waals surface area contributed by atoms with E-state index in [2.05, 4.69) is 17.2 Å². The number of rotatable bonds is 6. The van der Waals surface area contributed by atoms with Gasteiger partial charge in [-0.05, 0) is 41.5 Å². The molecule has 1 N–H and O–H groups in total. The number of benzene rings is 3. The maximum absolute atomic E-state index is 9.71. The summed E-state index contributed by atoms with van der Waals surface area (Å²) in [5, 5.41) is 16.3. The van der Waals surface area contributed by atoms with Crippen LogP contribution in [0, 0.1) is 0 Å². The molecule has 0 fully saturated rings. The van der Waals surface area contributed by atoms with Crippen molar-refractivity contribution in [1.29, 1.82) is 0 Å². The predicted molar refractivity (Wildman–Crippen MR) is 101 cm³/mol. The Bertz CT molecular complexity index is 833. The number of para-hydroxylation sites is 1. The van der Waals surface area contributed by atoms with Gasteiger partial charge in [-0.25, -0.2) is 0 Å². The number of hydrazone groups is 1. The molecular formula is C21H20N2O2. The maximum atomic E-state index is 9.71. The van der Waals surface area contributed by atoms with E-state index in [4.69, 9.17) is 4.74 Å². The third kappa shape index (κ3) is 4.38. The maximum Gasteiger partial charge on any atom is 0.161 e. The zero-order valence-electron chi connectivity index (χ0n) is 14.0. The first-order valence-electron chi connectivity index (χ1n) is 8.04. The van der Waals surface area contributed by atoms with E-state index in [9.17, 15) is 5.11 Å². The van der Waals surface area contributed by atoms with Crippen molar-refractivity contribution >= 4 is 11.9 Å². The summed E-state index contributed by atoms with van der Waals surface area (Å²) in [6, 6.07) is 25.4. The van der Waals surface area contributed by atoms with Crippen LogP contribution in [0.15, 0.2) is 84.0 Å². The highest BCUT2D eigenvalue weighted by Gasteiger charge is 2.06. The predicted octanol–water partition coefficient (Wildman–Crippen LogP) is 4.44. The van der Waals surface area contributed by atoms with E-state index in [0.717, 1.165) is 11.3 Å². The Morgan fingerprint density at radius 3 is 2.32 bits per heavy atom. The van der Waals surface area contributed by atoms with Crippen molar-refractivity contribution in [2.45, 2.75) is 6.54 Å². The summed E-state index contributed by atoms with van der Waals surface area (Å²) < 4.78 is 5.15. The zero-order valence-corrected chi connectivity index (χ0v) is 14.0. The van der Waals surface area contributed by atoms with Crippen LogP contribution < -0.4 is 9.75 Å². The minimum atomic E-state index is 0.115. The van der Waals surface area contributed by atoms with Crippen LogP contribution >= 0.6 is 0 Å². The lowest BCUT2D eigenvalue weighted by molar-refractivity contribution is 0.373. The van der Waals surface area contributed by atoms with Crippen molar-refractivity contribution in [3.8, 4) is 11.5 Å². The second-order valence-corrected chi connectivity index (χ2v) is 5.55. The fraction of sp³-hybridized carbons (Fsp3) is 0.0952. The molecule has 0 radical (unpaired) electrons. The van der Waals surface area contributed by atoms with Gasteiger partial charge in [0.15, 0.2) is 11.5 Å². The number of methoxy groups -OCH3 is 1. The summed E-state index contributed by atoms with van der Waals surface area (Å²) in [5.74, 6) is 0.544. The molecule has 25 heavy (non-hydrogen) atoms. The molecule has 0 bridgehead atoms. The Labute approximate surface area is 147 Å². The summed E-state index contributed by atoms with van der Waals surface area (Å²) in [5.41, 5.74) is 3.03. The van der Waals surface area contributed by atoms with Crippen molar-refractivity contribution in [3.05, 3.63) is 90.0 Å². The number of nitrogens with zero attached hydrogens (tertiary/aromatic N) is 2. The Hall–Kier alpha value is -3.27. The van der Waals surface area contributed by atoms with Crippen LogP contribution in [-0.2, 0) is 6.54 Å². The number of hydrogen-bond acceptors (Lipinski definition) is 4. The second kappa shape index (κ2) is 8.02. The smallest absolute Gasteiger partial charge is 0.161 e. The average molecular weight is 332 g/mol. The van der Waals surface area contributed by atoms with Crippen molar-refractivity contribution in [2.24, 2.45) is 5.10 Å². The molecule has 0 heterocycles. The van der Waals surface area contributed by atoms with Gasteiger partial charge in [-0.1, -0.05) is 48.5 Å². The third-order valence-corrected chi connectivity index (χ3v) is 3.78. The van der Waals surface area contributed by atoms with E-state index in [0.29, 0.717) is 12.3 Å². The van der Waals surface area contributed by atoms with Crippen LogP contribution in [0.25, 0.3) is 0 Å². The minimum absolute atomic E-state index is 0.115. The van der Waals surface area contributed by atoms with Crippen LogP contribution in [0.2, 0.25) is 0 Å². The zero-order chi connectivity index (χ0) is 17.5. The molecule has 0 aliphatic carbocycles. The fourth-order valence-electron chi connectivity index (χ4n) is 2.47. The highest BCUT2D eigenvalue weighted by atomic mass is 16.5. The van der Waals surface area contributed by atoms with Gasteiger partial charge in [-0.15, -0.1) is 0 Å². The number of ether oxygens (including phenoxy) is 1. The van der Waals surface area contributed by atoms with Gasteiger partial charge >= 0.3 is 0 Å². The standard InChI is InChI=1S/C21H20N2O2/c1-25-21-14-18(12-13-20(21)24)15-22-23(19-10-6-3-7-11-19)16-17-8-4-2-5-9-17/h2-15,24H,16H2,1H3/b22-15+. The Kier molecular flexibility index (Phi) is 5.32. The fourth-order valence-corrected chi connectivity index (χ4v) is 2.47. The molecule has 4 nitrogen and oxygen atoms in total. The summed E-state index contributed by atoms with van der Waals surface area (Å²) >= 11 is 0. The summed E-state index contributed by atoms with van der Waals surface area (Å²) in [7, 11) is 1.53. The number of phenols is 1. The van der Waals surface area contributed by atoms with Crippen LogP contribution in [-0.4, -0.2) is 18.4 Å². The van der Waals surface area contributed by atoms with E-state index >= 15 is 0 Å². The number of aromatic hydroxyl groups is 1. The molecule has 126 valence electrons. The topological polar surface area (TPSA) is 45.1 Å². The summed E-state index contributed by atoms with van der Waals surface area (Å²) in [4.78, 5) is 0. The SMILES string of the molecule is COc1cc(/C=N/N(Cc2ccccc2)c2ccccc2)ccc1O. The number of phenolic OH excluding ortho intramolecular Hbond substituents is 1. The van der Waals surface area contributed by atoms with Gasteiger partial charge in [-0.3, -0.25) is 5.01 Å². The van der Waals surface area contributed by atoms with Crippen molar-refractivity contribution < 1.29 is 9.84 Å². The lowest BCUT2D eigenvalue weighted by Gasteiger charge is -2.19. The molecule has 0 aliphatic heterocycles. The van der Waals surface area contributed by atoms with E-state index < -0.39 is 0 Å². The van der Waals surface area contributed by atoms with Crippen LogP contribution in [0.4, 0.5) is 5.69 Å². The Morgan fingerprint density at radius 1 is 0.960 bits per heavy atom. The van der Waals surface area contributed by atoms with Crippen molar-refractivity contribution in [2.75, 3.05) is 12.1 Å². The lowest BCUT2D eigenvalue weighted by Crippen LogP contribution is -2.16. The van der Waals surface area contributed by atoms with Gasteiger partial charge in [0.05, 0.1) is 25.6 Å². The molecule has 0 aliphatic rings. The molecule has 0 saturated carbocycles. The highest BCUT2D eigenvalue weighted by molar-refractivity contribution is 5.81. The lowest BCUT2D eigenvalue weighted by atomic mass is 10.2. The highest BCUT2D eigenvalue weighted by Crippen LogP contribution is 2.26. The van der Waals surface area contributed by atoms with Crippen molar-refractivity contribution in [1.82, 2.24) is 0 Å². The minimum Gasteiger partial charge on any atom is -0.504 e.